The highest BCUT2D eigenvalue weighted by atomic mass is 32.1. The van der Waals surface area contributed by atoms with Crippen LogP contribution in [0.4, 0.5) is 5.69 Å². The van der Waals surface area contributed by atoms with Crippen molar-refractivity contribution in [3.8, 4) is 0 Å². The van der Waals surface area contributed by atoms with E-state index in [2.05, 4.69) is 10.3 Å². The number of hydrogen-bond acceptors (Lipinski definition) is 5. The predicted molar refractivity (Wildman–Crippen MR) is 84.6 cm³/mol. The van der Waals surface area contributed by atoms with Crippen LogP contribution in [0.25, 0.3) is 0 Å². The van der Waals surface area contributed by atoms with Gasteiger partial charge in [0.2, 0.25) is 0 Å². The Morgan fingerprint density at radius 2 is 2.14 bits per heavy atom. The van der Waals surface area contributed by atoms with Gasteiger partial charge in [0, 0.05) is 11.4 Å². The monoisotopic (exact) mass is 320 g/mol. The Morgan fingerprint density at radius 1 is 1.36 bits per heavy atom. The Labute approximate surface area is 131 Å². The second-order valence-electron chi connectivity index (χ2n) is 4.64. The van der Waals surface area contributed by atoms with Gasteiger partial charge in [-0.1, -0.05) is 24.3 Å². The molecule has 0 aliphatic heterocycles. The van der Waals surface area contributed by atoms with E-state index in [-0.39, 0.29) is 10.8 Å². The Morgan fingerprint density at radius 3 is 2.77 bits per heavy atom. The zero-order valence-corrected chi connectivity index (χ0v) is 13.1. The second-order valence-corrected chi connectivity index (χ2v) is 5.62. The quantitative estimate of drug-likeness (QED) is 0.829. The number of aromatic amines is 1. The number of H-pyrrole nitrogens is 1. The zero-order chi connectivity index (χ0) is 16.1. The van der Waals surface area contributed by atoms with Crippen molar-refractivity contribution in [2.75, 3.05) is 11.9 Å². The molecular weight excluding hydrogens is 304 g/mol. The lowest BCUT2D eigenvalue weighted by molar-refractivity contribution is 0.0505. The van der Waals surface area contributed by atoms with Crippen molar-refractivity contribution in [1.29, 1.82) is 0 Å². The van der Waals surface area contributed by atoms with Crippen molar-refractivity contribution in [3.05, 3.63) is 50.1 Å². The van der Waals surface area contributed by atoms with Crippen LogP contribution in [0.3, 0.4) is 0 Å². The topological polar surface area (TPSA) is 88.3 Å². The molecule has 1 heterocycles. The molecule has 0 atom stereocenters. The maximum atomic E-state index is 12.1. The number of carbonyl (C=O) groups is 2. The van der Waals surface area contributed by atoms with E-state index in [1.165, 1.54) is 0 Å². The smallest absolute Gasteiger partial charge is 0.338 e. The van der Waals surface area contributed by atoms with Gasteiger partial charge in [-0.05, 0) is 31.5 Å². The van der Waals surface area contributed by atoms with Gasteiger partial charge in [-0.15, -0.1) is 0 Å². The molecule has 0 aliphatic carbocycles. The molecule has 0 spiro atoms. The fraction of sp³-hybridized carbons (Fsp3) is 0.267. The number of nitrogens with one attached hydrogen (secondary N) is 2. The number of benzene rings is 1. The van der Waals surface area contributed by atoms with E-state index in [4.69, 9.17) is 4.74 Å². The molecule has 0 saturated carbocycles. The zero-order valence-electron chi connectivity index (χ0n) is 12.3. The lowest BCUT2D eigenvalue weighted by Gasteiger charge is -2.07. The molecule has 7 heteroatoms. The molecule has 22 heavy (non-hydrogen) atoms. The van der Waals surface area contributed by atoms with Crippen LogP contribution in [-0.2, 0) is 4.74 Å². The molecular formula is C15H16N2O4S. The van der Waals surface area contributed by atoms with E-state index in [1.54, 1.807) is 31.2 Å². The van der Waals surface area contributed by atoms with Gasteiger partial charge in [0.1, 0.15) is 4.88 Å². The van der Waals surface area contributed by atoms with E-state index in [9.17, 15) is 14.4 Å². The molecule has 1 aromatic heterocycles. The average Bonchev–Trinajstić information content (AvgIpc) is 2.84. The highest BCUT2D eigenvalue weighted by Crippen LogP contribution is 2.15. The minimum atomic E-state index is -0.430. The summed E-state index contributed by atoms with van der Waals surface area (Å²) < 4.78 is 5.05. The van der Waals surface area contributed by atoms with Gasteiger partial charge in [-0.25, -0.2) is 4.79 Å². The van der Waals surface area contributed by atoms with Crippen LogP contribution in [0.15, 0.2) is 29.1 Å². The van der Waals surface area contributed by atoms with Crippen LogP contribution in [0, 0.1) is 6.92 Å². The molecule has 2 aromatic rings. The normalized spacial score (nSPS) is 10.3. The molecule has 2 rings (SSSR count). The summed E-state index contributed by atoms with van der Waals surface area (Å²) in [7, 11) is 0. The molecule has 0 fully saturated rings. The first-order valence-electron chi connectivity index (χ1n) is 6.79. The molecule has 1 amide bonds. The number of hydrogen-bond donors (Lipinski definition) is 2. The van der Waals surface area contributed by atoms with Gasteiger partial charge in [-0.2, -0.15) is 0 Å². The fourth-order valence-electron chi connectivity index (χ4n) is 1.81. The van der Waals surface area contributed by atoms with E-state index >= 15 is 0 Å². The summed E-state index contributed by atoms with van der Waals surface area (Å²) in [6, 6.07) is 6.48. The van der Waals surface area contributed by atoms with Crippen LogP contribution in [0.2, 0.25) is 0 Å². The van der Waals surface area contributed by atoms with Gasteiger partial charge < -0.3 is 15.0 Å². The third kappa shape index (κ3) is 3.82. The van der Waals surface area contributed by atoms with Crippen LogP contribution in [0.5, 0.6) is 0 Å². The molecule has 0 aliphatic rings. The second kappa shape index (κ2) is 7.04. The van der Waals surface area contributed by atoms with Gasteiger partial charge in [-0.3, -0.25) is 9.59 Å². The molecule has 0 unspecified atom stereocenters. The first kappa shape index (κ1) is 16.0. The number of rotatable bonds is 5. The molecule has 0 bridgehead atoms. The number of thiazole rings is 1. The minimum Gasteiger partial charge on any atom is -0.462 e. The highest BCUT2D eigenvalue weighted by molar-refractivity contribution is 7.11. The lowest BCUT2D eigenvalue weighted by atomic mass is 10.2. The van der Waals surface area contributed by atoms with Gasteiger partial charge >= 0.3 is 10.8 Å². The fourth-order valence-corrected chi connectivity index (χ4v) is 2.55. The van der Waals surface area contributed by atoms with Gasteiger partial charge in [0.05, 0.1) is 12.2 Å². The standard InChI is InChI=1S/C15H16N2O4S/c1-3-7-21-14(19)10-5-4-6-11(8-10)17-13(18)12-9(2)16-15(20)22-12/h4-6,8H,3,7H2,1-2H3,(H,16,20)(H,17,18). The first-order valence-corrected chi connectivity index (χ1v) is 7.61. The summed E-state index contributed by atoms with van der Waals surface area (Å²) in [4.78, 5) is 37.7. The Balaban J connectivity index is 2.13. The van der Waals surface area contributed by atoms with Crippen molar-refractivity contribution in [1.82, 2.24) is 4.98 Å². The molecule has 6 nitrogen and oxygen atoms in total. The third-order valence-electron chi connectivity index (χ3n) is 2.82. The number of esters is 1. The number of aromatic nitrogens is 1. The summed E-state index contributed by atoms with van der Waals surface area (Å²) in [5.41, 5.74) is 1.35. The molecule has 0 saturated heterocycles. The number of ether oxygens (including phenoxy) is 1. The molecule has 2 N–H and O–H groups in total. The van der Waals surface area contributed by atoms with Crippen LogP contribution in [-0.4, -0.2) is 23.5 Å². The maximum Gasteiger partial charge on any atom is 0.338 e. The largest absolute Gasteiger partial charge is 0.462 e. The van der Waals surface area contributed by atoms with E-state index in [0.29, 0.717) is 28.4 Å². The number of carbonyl (C=O) groups excluding carboxylic acids is 2. The van der Waals surface area contributed by atoms with Crippen molar-refractivity contribution < 1.29 is 14.3 Å². The Kier molecular flexibility index (Phi) is 5.11. The predicted octanol–water partition coefficient (Wildman–Crippen LogP) is 2.56. The van der Waals surface area contributed by atoms with Crippen molar-refractivity contribution in [2.45, 2.75) is 20.3 Å². The van der Waals surface area contributed by atoms with Gasteiger partial charge in [0.15, 0.2) is 0 Å². The average molecular weight is 320 g/mol. The van der Waals surface area contributed by atoms with Crippen molar-refractivity contribution in [2.24, 2.45) is 0 Å². The van der Waals surface area contributed by atoms with Crippen LogP contribution in [0.1, 0.15) is 39.1 Å². The highest BCUT2D eigenvalue weighted by Gasteiger charge is 2.14. The summed E-state index contributed by atoms with van der Waals surface area (Å²) in [6.07, 6.45) is 0.744. The number of aryl methyl sites for hydroxylation is 1. The summed E-state index contributed by atoms with van der Waals surface area (Å²) >= 11 is 0.849. The van der Waals surface area contributed by atoms with E-state index in [1.807, 2.05) is 6.92 Å². The third-order valence-corrected chi connectivity index (χ3v) is 3.81. The van der Waals surface area contributed by atoms with Gasteiger partial charge in [0.25, 0.3) is 5.91 Å². The lowest BCUT2D eigenvalue weighted by Crippen LogP contribution is -2.12. The minimum absolute atomic E-state index is 0.278. The SMILES string of the molecule is CCCOC(=O)c1cccc(NC(=O)c2sc(=O)[nH]c2C)c1. The maximum absolute atomic E-state index is 12.1. The summed E-state index contributed by atoms with van der Waals surface area (Å²) in [5, 5.41) is 2.67. The molecule has 116 valence electrons. The number of anilines is 1. The summed E-state index contributed by atoms with van der Waals surface area (Å²) in [5.74, 6) is -0.819. The Hall–Kier alpha value is -2.41. The molecule has 1 aromatic carbocycles. The van der Waals surface area contributed by atoms with Crippen molar-refractivity contribution >= 4 is 28.9 Å². The van der Waals surface area contributed by atoms with E-state index < -0.39 is 5.97 Å². The summed E-state index contributed by atoms with van der Waals surface area (Å²) in [6.45, 7) is 3.92. The van der Waals surface area contributed by atoms with E-state index in [0.717, 1.165) is 17.8 Å². The first-order chi connectivity index (χ1) is 10.5. The number of amides is 1. The van der Waals surface area contributed by atoms with Crippen LogP contribution >= 0.6 is 11.3 Å². The van der Waals surface area contributed by atoms with Crippen molar-refractivity contribution in [3.63, 3.8) is 0 Å². The Bertz CT molecular complexity index is 748. The van der Waals surface area contributed by atoms with Crippen LogP contribution < -0.4 is 10.2 Å². The molecule has 0 radical (unpaired) electrons.